The van der Waals surface area contributed by atoms with E-state index in [1.165, 1.54) is 31.3 Å². The second-order valence-corrected chi connectivity index (χ2v) is 9.58. The van der Waals surface area contributed by atoms with Crippen molar-refractivity contribution in [2.75, 3.05) is 6.54 Å². The molecule has 0 saturated carbocycles. The lowest BCUT2D eigenvalue weighted by Crippen LogP contribution is -2.24. The number of rotatable bonds is 12. The van der Waals surface area contributed by atoms with Crippen LogP contribution in [0.25, 0.3) is 11.4 Å². The van der Waals surface area contributed by atoms with E-state index in [4.69, 9.17) is 4.74 Å². The number of pyridine rings is 1. The number of nitrogens with zero attached hydrogens (tertiary/aromatic N) is 1. The number of hydrogen-bond donors (Lipinski definition) is 2. The zero-order valence-electron chi connectivity index (χ0n) is 22.2. The maximum atomic E-state index is 14.8. The Hall–Kier alpha value is -4.66. The Morgan fingerprint density at radius 3 is 2.48 bits per heavy atom. The first-order chi connectivity index (χ1) is 19.2. The van der Waals surface area contributed by atoms with Gasteiger partial charge in [0.2, 0.25) is 0 Å². The Morgan fingerprint density at radius 1 is 0.925 bits per heavy atom. The fourth-order valence-corrected chi connectivity index (χ4v) is 4.13. The Bertz CT molecular complexity index is 1550. The molecule has 0 saturated heterocycles. The molecule has 0 fully saturated rings. The Kier molecular flexibility index (Phi) is 9.16. The number of ketones is 2. The van der Waals surface area contributed by atoms with E-state index in [9.17, 15) is 23.2 Å². The number of nitrogens with one attached hydrogen (secondary N) is 2. The molecule has 4 rings (SSSR count). The molecule has 0 atom stereocenters. The van der Waals surface area contributed by atoms with E-state index >= 15 is 0 Å². The molecule has 0 aliphatic carbocycles. The maximum Gasteiger partial charge on any atom is 0.252 e. The number of aromatic amines is 1. The van der Waals surface area contributed by atoms with Crippen LogP contribution in [0.2, 0.25) is 0 Å². The third kappa shape index (κ3) is 7.69. The van der Waals surface area contributed by atoms with Gasteiger partial charge in [-0.2, -0.15) is 0 Å². The average molecular weight is 546 g/mol. The van der Waals surface area contributed by atoms with E-state index in [1.54, 1.807) is 42.6 Å². The van der Waals surface area contributed by atoms with Crippen LogP contribution in [-0.4, -0.2) is 34.0 Å². The zero-order chi connectivity index (χ0) is 28.6. The molecule has 0 spiro atoms. The lowest BCUT2D eigenvalue weighted by molar-refractivity contribution is -0.118. The number of ether oxygens (including phenoxy) is 1. The minimum absolute atomic E-state index is 0.0758. The van der Waals surface area contributed by atoms with Crippen LogP contribution in [-0.2, 0) is 22.4 Å². The summed E-state index contributed by atoms with van der Waals surface area (Å²) >= 11 is 0. The van der Waals surface area contributed by atoms with Gasteiger partial charge < -0.3 is 19.8 Å². The van der Waals surface area contributed by atoms with Crippen LogP contribution in [0, 0.1) is 18.6 Å². The predicted molar refractivity (Wildman–Crippen MR) is 146 cm³/mol. The molecule has 40 heavy (non-hydrogen) atoms. The van der Waals surface area contributed by atoms with Gasteiger partial charge in [-0.05, 0) is 55.7 Å². The predicted octanol–water partition coefficient (Wildman–Crippen LogP) is 5.91. The molecule has 1 amide bonds. The molecule has 2 aromatic carbocycles. The second-order valence-electron chi connectivity index (χ2n) is 9.58. The van der Waals surface area contributed by atoms with Crippen LogP contribution in [0.3, 0.4) is 0 Å². The van der Waals surface area contributed by atoms with Crippen molar-refractivity contribution in [2.24, 2.45) is 0 Å². The maximum absolute atomic E-state index is 14.8. The quantitative estimate of drug-likeness (QED) is 0.216. The number of hydrogen-bond acceptors (Lipinski definition) is 5. The van der Waals surface area contributed by atoms with Gasteiger partial charge in [-0.25, -0.2) is 8.78 Å². The largest absolute Gasteiger partial charge is 0.457 e. The molecule has 9 heteroatoms. The lowest BCUT2D eigenvalue weighted by atomic mass is 10.0. The number of H-pyrrole nitrogens is 1. The van der Waals surface area contributed by atoms with Gasteiger partial charge in [0, 0.05) is 50.3 Å². The summed E-state index contributed by atoms with van der Waals surface area (Å²) < 4.78 is 34.6. The van der Waals surface area contributed by atoms with Crippen molar-refractivity contribution < 1.29 is 27.9 Å². The number of benzene rings is 2. The van der Waals surface area contributed by atoms with Crippen LogP contribution in [0.1, 0.15) is 46.8 Å². The molecule has 0 bridgehead atoms. The summed E-state index contributed by atoms with van der Waals surface area (Å²) in [5, 5.41) is 2.77. The molecule has 2 aromatic heterocycles. The van der Waals surface area contributed by atoms with Gasteiger partial charge in [-0.1, -0.05) is 23.8 Å². The Balaban J connectivity index is 1.37. The topological polar surface area (TPSA) is 101 Å². The summed E-state index contributed by atoms with van der Waals surface area (Å²) in [7, 11) is 0. The van der Waals surface area contributed by atoms with Crippen LogP contribution >= 0.6 is 0 Å². The van der Waals surface area contributed by atoms with Crippen molar-refractivity contribution >= 4 is 17.5 Å². The molecule has 0 radical (unpaired) electrons. The summed E-state index contributed by atoms with van der Waals surface area (Å²) in [6, 6.07) is 13.7. The van der Waals surface area contributed by atoms with Crippen LogP contribution < -0.4 is 10.1 Å². The number of aryl methyl sites for hydroxylation is 1. The zero-order valence-corrected chi connectivity index (χ0v) is 22.2. The summed E-state index contributed by atoms with van der Waals surface area (Å²) in [5.41, 5.74) is 2.85. The fourth-order valence-electron chi connectivity index (χ4n) is 4.13. The summed E-state index contributed by atoms with van der Waals surface area (Å²) in [5.74, 6) is -0.928. The van der Waals surface area contributed by atoms with E-state index in [2.05, 4.69) is 15.3 Å². The van der Waals surface area contributed by atoms with E-state index < -0.39 is 11.6 Å². The van der Waals surface area contributed by atoms with Gasteiger partial charge in [0.1, 0.15) is 34.7 Å². The van der Waals surface area contributed by atoms with Crippen LogP contribution in [0.5, 0.6) is 11.5 Å². The highest BCUT2D eigenvalue weighted by Gasteiger charge is 2.14. The van der Waals surface area contributed by atoms with Gasteiger partial charge in [0.15, 0.2) is 0 Å². The van der Waals surface area contributed by atoms with Gasteiger partial charge in [0.05, 0.1) is 17.0 Å². The van der Waals surface area contributed by atoms with Crippen molar-refractivity contribution in [3.05, 3.63) is 101 Å². The van der Waals surface area contributed by atoms with Crippen molar-refractivity contribution in [2.45, 2.75) is 39.5 Å². The van der Waals surface area contributed by atoms with Crippen molar-refractivity contribution in [3.63, 3.8) is 0 Å². The normalized spacial score (nSPS) is 10.8. The summed E-state index contributed by atoms with van der Waals surface area (Å²) in [4.78, 5) is 43.2. The SMILES string of the molecule is CC(=O)CCCNC(=O)c1c[nH]c(-c2cc(Oc3ccc(CC(=O)Cc4cc(C)ccc4F)c(F)c3)ccn2)c1. The third-order valence-corrected chi connectivity index (χ3v) is 6.18. The molecular weight excluding hydrogens is 516 g/mol. The average Bonchev–Trinajstić information content (AvgIpc) is 3.41. The summed E-state index contributed by atoms with van der Waals surface area (Å²) in [6.07, 6.45) is 3.79. The summed E-state index contributed by atoms with van der Waals surface area (Å²) in [6.45, 7) is 3.72. The molecule has 206 valence electrons. The minimum atomic E-state index is -0.604. The molecule has 2 N–H and O–H groups in total. The molecule has 0 aliphatic rings. The second kappa shape index (κ2) is 12.9. The van der Waals surface area contributed by atoms with E-state index in [-0.39, 0.29) is 41.6 Å². The first kappa shape index (κ1) is 28.4. The standard InChI is InChI=1S/C31H29F2N3O4/c1-19-5-8-27(32)22(12-19)14-24(38)13-21-6-7-25(16-28(21)33)40-26-9-11-34-30(17-26)29-15-23(18-36-29)31(39)35-10-3-4-20(2)37/h5-9,11-12,15-18,36H,3-4,10,13-14H2,1-2H3,(H,35,39). The van der Waals surface area contributed by atoms with Crippen LogP contribution in [0.15, 0.2) is 67.0 Å². The number of amides is 1. The molecule has 2 heterocycles. The smallest absolute Gasteiger partial charge is 0.252 e. The van der Waals surface area contributed by atoms with E-state index in [0.717, 1.165) is 5.56 Å². The fraction of sp³-hybridized carbons (Fsp3) is 0.226. The number of halogens is 2. The molecule has 0 aliphatic heterocycles. The number of aromatic nitrogens is 2. The number of carbonyl (C=O) groups excluding carboxylic acids is 3. The number of Topliss-reactive ketones (excluding diaryl/α,β-unsaturated/α-hetero) is 2. The minimum Gasteiger partial charge on any atom is -0.457 e. The number of carbonyl (C=O) groups is 3. The van der Waals surface area contributed by atoms with Crippen molar-refractivity contribution in [1.29, 1.82) is 0 Å². The van der Waals surface area contributed by atoms with Gasteiger partial charge in [-0.15, -0.1) is 0 Å². The van der Waals surface area contributed by atoms with Crippen molar-refractivity contribution in [1.82, 2.24) is 15.3 Å². The molecular formula is C31H29F2N3O4. The Labute approximate surface area is 230 Å². The Morgan fingerprint density at radius 2 is 1.70 bits per heavy atom. The van der Waals surface area contributed by atoms with E-state index in [0.29, 0.717) is 47.7 Å². The van der Waals surface area contributed by atoms with Crippen LogP contribution in [0.4, 0.5) is 8.78 Å². The highest BCUT2D eigenvalue weighted by molar-refractivity contribution is 5.95. The first-order valence-electron chi connectivity index (χ1n) is 12.8. The van der Waals surface area contributed by atoms with Gasteiger partial charge in [0.25, 0.3) is 5.91 Å². The lowest BCUT2D eigenvalue weighted by Gasteiger charge is -2.09. The van der Waals surface area contributed by atoms with Gasteiger partial charge in [-0.3, -0.25) is 14.6 Å². The first-order valence-corrected chi connectivity index (χ1v) is 12.8. The third-order valence-electron chi connectivity index (χ3n) is 6.18. The highest BCUT2D eigenvalue weighted by atomic mass is 19.1. The van der Waals surface area contributed by atoms with Gasteiger partial charge >= 0.3 is 0 Å². The molecule has 7 nitrogen and oxygen atoms in total. The molecule has 0 unspecified atom stereocenters. The monoisotopic (exact) mass is 545 g/mol. The van der Waals surface area contributed by atoms with Crippen molar-refractivity contribution in [3.8, 4) is 22.9 Å². The van der Waals surface area contributed by atoms with E-state index in [1.807, 2.05) is 6.92 Å². The molecule has 4 aromatic rings. The highest BCUT2D eigenvalue weighted by Crippen LogP contribution is 2.27.